The molecule has 0 bridgehead atoms. The average Bonchev–Trinajstić information content (AvgIpc) is 3.24. The summed E-state index contributed by atoms with van der Waals surface area (Å²) in [6, 6.07) is 5.38. The third-order valence-corrected chi connectivity index (χ3v) is 5.78. The quantitative estimate of drug-likeness (QED) is 0.429. The predicted molar refractivity (Wildman–Crippen MR) is 121 cm³/mol. The van der Waals surface area contributed by atoms with E-state index in [-0.39, 0.29) is 11.6 Å². The number of para-hydroxylation sites is 1. The van der Waals surface area contributed by atoms with Crippen LogP contribution in [0.15, 0.2) is 36.7 Å². The van der Waals surface area contributed by atoms with Crippen molar-refractivity contribution in [3.63, 3.8) is 0 Å². The Hall–Kier alpha value is -2.17. The lowest BCUT2D eigenvalue weighted by Gasteiger charge is -2.34. The van der Waals surface area contributed by atoms with E-state index in [2.05, 4.69) is 14.9 Å². The molecule has 0 amide bonds. The van der Waals surface area contributed by atoms with E-state index in [0.717, 1.165) is 31.3 Å². The monoisotopic (exact) mass is 470 g/mol. The molecule has 0 radical (unpaired) electrons. The number of benzene rings is 1. The highest BCUT2D eigenvalue weighted by Gasteiger charge is 2.34. The molecule has 1 aromatic heterocycles. The van der Waals surface area contributed by atoms with E-state index in [9.17, 15) is 13.2 Å². The third kappa shape index (κ3) is 6.66. The number of alkyl halides is 3. The van der Waals surface area contributed by atoms with Gasteiger partial charge in [-0.15, -0.1) is 0 Å². The van der Waals surface area contributed by atoms with Crippen molar-refractivity contribution in [1.29, 1.82) is 0 Å². The number of thiocarbonyl (C=S) groups is 1. The van der Waals surface area contributed by atoms with E-state index in [0.29, 0.717) is 44.6 Å². The van der Waals surface area contributed by atoms with Gasteiger partial charge < -0.3 is 24.3 Å². The van der Waals surface area contributed by atoms with Crippen molar-refractivity contribution in [1.82, 2.24) is 14.5 Å². The second kappa shape index (κ2) is 11.6. The molecule has 1 aromatic carbocycles. The average molecular weight is 471 g/mol. The molecule has 0 aliphatic carbocycles. The number of ether oxygens (including phenoxy) is 2. The predicted octanol–water partition coefficient (Wildman–Crippen LogP) is 4.53. The van der Waals surface area contributed by atoms with Crippen LogP contribution in [0.4, 0.5) is 18.9 Å². The Balaban J connectivity index is 1.50. The summed E-state index contributed by atoms with van der Waals surface area (Å²) in [6.45, 7) is 6.41. The van der Waals surface area contributed by atoms with Crippen molar-refractivity contribution in [2.45, 2.75) is 38.4 Å². The molecule has 32 heavy (non-hydrogen) atoms. The fourth-order valence-electron chi connectivity index (χ4n) is 3.77. The first kappa shape index (κ1) is 24.5. The number of nitrogens with zero attached hydrogens (tertiary/aromatic N) is 3. The molecule has 1 aliphatic rings. The maximum atomic E-state index is 13.2. The molecular weight excluding hydrogens is 441 g/mol. The van der Waals surface area contributed by atoms with Gasteiger partial charge in [-0.2, -0.15) is 13.2 Å². The molecule has 1 fully saturated rings. The lowest BCUT2D eigenvalue weighted by molar-refractivity contribution is -0.136. The van der Waals surface area contributed by atoms with Gasteiger partial charge in [0.25, 0.3) is 0 Å². The van der Waals surface area contributed by atoms with Crippen LogP contribution in [0.5, 0.6) is 0 Å². The Bertz CT molecular complexity index is 867. The van der Waals surface area contributed by atoms with E-state index in [4.69, 9.17) is 21.7 Å². The molecule has 1 N–H and O–H groups in total. The number of nitrogens with one attached hydrogen (secondary N) is 1. The SMILES string of the molecule is CCOCCOCCn1ccnc1C1CCN(C(=S)Nc2ccccc2C(F)(F)F)CC1. The molecule has 1 aliphatic heterocycles. The molecule has 0 atom stereocenters. The largest absolute Gasteiger partial charge is 0.418 e. The molecule has 10 heteroatoms. The minimum atomic E-state index is -4.43. The zero-order valence-corrected chi connectivity index (χ0v) is 18.9. The number of hydrogen-bond acceptors (Lipinski definition) is 4. The van der Waals surface area contributed by atoms with Crippen LogP contribution in [0.3, 0.4) is 0 Å². The van der Waals surface area contributed by atoms with Gasteiger partial charge in [-0.05, 0) is 44.1 Å². The number of anilines is 1. The molecule has 1 saturated heterocycles. The molecule has 2 aromatic rings. The minimum absolute atomic E-state index is 0.0213. The summed E-state index contributed by atoms with van der Waals surface area (Å²) in [7, 11) is 0. The van der Waals surface area contributed by atoms with Gasteiger partial charge in [0.2, 0.25) is 0 Å². The van der Waals surface area contributed by atoms with Gasteiger partial charge >= 0.3 is 6.18 Å². The number of likely N-dealkylation sites (tertiary alicyclic amines) is 1. The summed E-state index contributed by atoms with van der Waals surface area (Å²) in [6.07, 6.45) is 0.960. The van der Waals surface area contributed by atoms with Crippen LogP contribution in [-0.2, 0) is 22.2 Å². The van der Waals surface area contributed by atoms with Crippen LogP contribution in [-0.4, -0.2) is 59.1 Å². The van der Waals surface area contributed by atoms with Gasteiger partial charge in [-0.25, -0.2) is 4.98 Å². The molecular formula is C22H29F3N4O2S. The maximum absolute atomic E-state index is 13.2. The van der Waals surface area contributed by atoms with Gasteiger partial charge in [0, 0.05) is 44.6 Å². The molecule has 0 saturated carbocycles. The van der Waals surface area contributed by atoms with Crippen LogP contribution in [0, 0.1) is 0 Å². The van der Waals surface area contributed by atoms with Crippen LogP contribution < -0.4 is 5.32 Å². The van der Waals surface area contributed by atoms with E-state index in [1.807, 2.05) is 18.0 Å². The summed E-state index contributed by atoms with van der Waals surface area (Å²) < 4.78 is 52.7. The molecule has 0 spiro atoms. The first-order valence-corrected chi connectivity index (χ1v) is 11.2. The zero-order chi connectivity index (χ0) is 23.0. The van der Waals surface area contributed by atoms with Crippen LogP contribution in [0.2, 0.25) is 0 Å². The summed E-state index contributed by atoms with van der Waals surface area (Å²) in [4.78, 5) is 6.45. The van der Waals surface area contributed by atoms with Crippen molar-refractivity contribution < 1.29 is 22.6 Å². The summed E-state index contributed by atoms with van der Waals surface area (Å²) >= 11 is 5.40. The Labute approximate surface area is 191 Å². The number of aromatic nitrogens is 2. The lowest BCUT2D eigenvalue weighted by Crippen LogP contribution is -2.41. The third-order valence-electron chi connectivity index (χ3n) is 5.42. The Morgan fingerprint density at radius 1 is 1.16 bits per heavy atom. The Morgan fingerprint density at radius 3 is 2.59 bits per heavy atom. The fourth-order valence-corrected chi connectivity index (χ4v) is 4.06. The highest BCUT2D eigenvalue weighted by atomic mass is 32.1. The van der Waals surface area contributed by atoms with Gasteiger partial charge in [-0.3, -0.25) is 0 Å². The highest BCUT2D eigenvalue weighted by molar-refractivity contribution is 7.80. The molecule has 2 heterocycles. The van der Waals surface area contributed by atoms with E-state index >= 15 is 0 Å². The summed E-state index contributed by atoms with van der Waals surface area (Å²) in [5.41, 5.74) is -0.741. The topological polar surface area (TPSA) is 51.6 Å². The lowest BCUT2D eigenvalue weighted by atomic mass is 9.96. The van der Waals surface area contributed by atoms with Crippen molar-refractivity contribution in [2.24, 2.45) is 0 Å². The number of imidazole rings is 1. The molecule has 3 rings (SSSR count). The normalized spacial score (nSPS) is 15.2. The molecule has 6 nitrogen and oxygen atoms in total. The van der Waals surface area contributed by atoms with Crippen molar-refractivity contribution in [2.75, 3.05) is 44.8 Å². The maximum Gasteiger partial charge on any atom is 0.418 e. The highest BCUT2D eigenvalue weighted by Crippen LogP contribution is 2.35. The first-order chi connectivity index (χ1) is 15.4. The van der Waals surface area contributed by atoms with Gasteiger partial charge in [0.05, 0.1) is 31.1 Å². The summed E-state index contributed by atoms with van der Waals surface area (Å²) in [5, 5.41) is 3.10. The van der Waals surface area contributed by atoms with Crippen LogP contribution in [0.1, 0.15) is 37.1 Å². The van der Waals surface area contributed by atoms with Gasteiger partial charge in [-0.1, -0.05) is 12.1 Å². The minimum Gasteiger partial charge on any atom is -0.379 e. The van der Waals surface area contributed by atoms with Gasteiger partial charge in [0.1, 0.15) is 5.82 Å². The number of halogens is 3. The van der Waals surface area contributed by atoms with Crippen molar-refractivity contribution in [3.8, 4) is 0 Å². The smallest absolute Gasteiger partial charge is 0.379 e. The van der Waals surface area contributed by atoms with Crippen LogP contribution in [0.25, 0.3) is 0 Å². The number of rotatable bonds is 9. The van der Waals surface area contributed by atoms with E-state index in [1.165, 1.54) is 12.1 Å². The Morgan fingerprint density at radius 2 is 1.88 bits per heavy atom. The Kier molecular flexibility index (Phi) is 8.89. The second-order valence-electron chi connectivity index (χ2n) is 7.52. The number of piperidine rings is 1. The van der Waals surface area contributed by atoms with Crippen molar-refractivity contribution in [3.05, 3.63) is 48.0 Å². The van der Waals surface area contributed by atoms with Crippen LogP contribution >= 0.6 is 12.2 Å². The standard InChI is InChI=1S/C22H29F3N4O2S/c1-2-30-15-16-31-14-13-28-12-9-26-20(28)17-7-10-29(11-8-17)21(32)27-19-6-4-3-5-18(19)22(23,24)25/h3-6,9,12,17H,2,7-8,10-11,13-16H2,1H3,(H,27,32). The van der Waals surface area contributed by atoms with E-state index < -0.39 is 11.7 Å². The van der Waals surface area contributed by atoms with Gasteiger partial charge in [0.15, 0.2) is 5.11 Å². The fraction of sp³-hybridized carbons (Fsp3) is 0.545. The van der Waals surface area contributed by atoms with E-state index in [1.54, 1.807) is 12.3 Å². The number of hydrogen-bond donors (Lipinski definition) is 1. The molecule has 176 valence electrons. The second-order valence-corrected chi connectivity index (χ2v) is 7.91. The summed E-state index contributed by atoms with van der Waals surface area (Å²) in [5.74, 6) is 1.29. The van der Waals surface area contributed by atoms with Crippen molar-refractivity contribution >= 4 is 23.0 Å². The first-order valence-electron chi connectivity index (χ1n) is 10.8. The molecule has 0 unspecified atom stereocenters. The zero-order valence-electron chi connectivity index (χ0n) is 18.1.